The number of ether oxygens (including phenoxy) is 2. The van der Waals surface area contributed by atoms with Gasteiger partial charge in [0.15, 0.2) is 0 Å². The summed E-state index contributed by atoms with van der Waals surface area (Å²) in [5, 5.41) is 0. The molecule has 0 unspecified atom stereocenters. The van der Waals surface area contributed by atoms with E-state index in [0.29, 0.717) is 38.1 Å². The number of aromatic nitrogens is 2. The van der Waals surface area contributed by atoms with Crippen LogP contribution in [0.3, 0.4) is 0 Å². The Kier molecular flexibility index (Phi) is 4.19. The monoisotopic (exact) mass is 292 g/mol. The third-order valence-corrected chi connectivity index (χ3v) is 3.98. The van der Waals surface area contributed by atoms with E-state index in [2.05, 4.69) is 14.9 Å². The van der Waals surface area contributed by atoms with Gasteiger partial charge in [-0.2, -0.15) is 4.98 Å². The molecule has 3 heterocycles. The van der Waals surface area contributed by atoms with E-state index in [0.717, 1.165) is 19.5 Å². The maximum atomic E-state index is 12.3. The molecule has 3 rings (SSSR count). The molecule has 7 heteroatoms. The topological polar surface area (TPSA) is 67.8 Å². The van der Waals surface area contributed by atoms with Gasteiger partial charge in [-0.3, -0.25) is 4.79 Å². The normalized spacial score (nSPS) is 22.4. The molecule has 1 aromatic heterocycles. The first kappa shape index (κ1) is 14.1. The lowest BCUT2D eigenvalue weighted by molar-refractivity contribution is -0.135. The molecule has 2 aliphatic rings. The Bertz CT molecular complexity index is 497. The van der Waals surface area contributed by atoms with Crippen LogP contribution in [0.25, 0.3) is 0 Å². The van der Waals surface area contributed by atoms with E-state index >= 15 is 0 Å². The number of amides is 1. The van der Waals surface area contributed by atoms with E-state index in [1.165, 1.54) is 0 Å². The average Bonchev–Trinajstić information content (AvgIpc) is 3.09. The van der Waals surface area contributed by atoms with Crippen molar-refractivity contribution >= 4 is 11.9 Å². The molecule has 114 valence electrons. The Morgan fingerprint density at radius 3 is 2.86 bits per heavy atom. The second-order valence-electron chi connectivity index (χ2n) is 5.27. The fourth-order valence-corrected chi connectivity index (χ4v) is 2.71. The summed E-state index contributed by atoms with van der Waals surface area (Å²) in [4.78, 5) is 24.9. The molecule has 2 aliphatic heterocycles. The highest BCUT2D eigenvalue weighted by Crippen LogP contribution is 2.19. The molecule has 21 heavy (non-hydrogen) atoms. The highest BCUT2D eigenvalue weighted by Gasteiger charge is 2.30. The molecule has 2 saturated heterocycles. The summed E-state index contributed by atoms with van der Waals surface area (Å²) in [5.41, 5.74) is 0. The van der Waals surface area contributed by atoms with Crippen molar-refractivity contribution in [2.45, 2.75) is 6.42 Å². The number of anilines is 1. The number of rotatable bonds is 3. The molecular formula is C14H20N4O3. The standard InChI is InChI=1S/C14H20N4O3/c1-20-12-2-4-15-14(16-12)18-7-5-17(6-8-18)13(19)11-3-9-21-10-11/h2,4,11H,3,5-10H2,1H3/t11-/m0/s1. The lowest BCUT2D eigenvalue weighted by Crippen LogP contribution is -2.51. The summed E-state index contributed by atoms with van der Waals surface area (Å²) >= 11 is 0. The highest BCUT2D eigenvalue weighted by molar-refractivity contribution is 5.79. The van der Waals surface area contributed by atoms with Crippen molar-refractivity contribution in [3.8, 4) is 5.88 Å². The van der Waals surface area contributed by atoms with Crippen LogP contribution >= 0.6 is 0 Å². The number of hydrogen-bond acceptors (Lipinski definition) is 6. The second kappa shape index (κ2) is 6.26. The molecular weight excluding hydrogens is 272 g/mol. The first-order chi connectivity index (χ1) is 10.3. The third-order valence-electron chi connectivity index (χ3n) is 3.98. The van der Waals surface area contributed by atoms with E-state index < -0.39 is 0 Å². The molecule has 1 atom stereocenters. The number of carbonyl (C=O) groups is 1. The molecule has 0 N–H and O–H groups in total. The molecule has 2 fully saturated rings. The zero-order valence-electron chi connectivity index (χ0n) is 12.2. The summed E-state index contributed by atoms with van der Waals surface area (Å²) in [6.07, 6.45) is 2.53. The van der Waals surface area contributed by atoms with Gasteiger partial charge in [0, 0.05) is 45.0 Å². The SMILES string of the molecule is COc1ccnc(N2CCN(C(=O)[C@H]3CCOC3)CC2)n1. The van der Waals surface area contributed by atoms with Gasteiger partial charge in [-0.15, -0.1) is 0 Å². The fourth-order valence-electron chi connectivity index (χ4n) is 2.71. The Hall–Kier alpha value is -1.89. The Morgan fingerprint density at radius 1 is 1.38 bits per heavy atom. The van der Waals surface area contributed by atoms with Gasteiger partial charge in [-0.25, -0.2) is 4.98 Å². The van der Waals surface area contributed by atoms with Crippen LogP contribution in [0.1, 0.15) is 6.42 Å². The summed E-state index contributed by atoms with van der Waals surface area (Å²) < 4.78 is 10.4. The van der Waals surface area contributed by atoms with Crippen LogP contribution in [-0.2, 0) is 9.53 Å². The van der Waals surface area contributed by atoms with E-state index in [9.17, 15) is 4.79 Å². The first-order valence-electron chi connectivity index (χ1n) is 7.26. The van der Waals surface area contributed by atoms with Gasteiger partial charge in [0.05, 0.1) is 19.6 Å². The van der Waals surface area contributed by atoms with E-state index in [-0.39, 0.29) is 11.8 Å². The zero-order chi connectivity index (χ0) is 14.7. The molecule has 7 nitrogen and oxygen atoms in total. The van der Waals surface area contributed by atoms with Gasteiger partial charge in [0.25, 0.3) is 0 Å². The molecule has 0 aliphatic carbocycles. The van der Waals surface area contributed by atoms with Gasteiger partial charge < -0.3 is 19.3 Å². The smallest absolute Gasteiger partial charge is 0.228 e. The van der Waals surface area contributed by atoms with Gasteiger partial charge in [-0.1, -0.05) is 0 Å². The van der Waals surface area contributed by atoms with Gasteiger partial charge >= 0.3 is 0 Å². The van der Waals surface area contributed by atoms with Crippen LogP contribution in [0.5, 0.6) is 5.88 Å². The molecule has 1 amide bonds. The van der Waals surface area contributed by atoms with Crippen molar-refractivity contribution in [2.24, 2.45) is 5.92 Å². The Morgan fingerprint density at radius 2 is 2.19 bits per heavy atom. The summed E-state index contributed by atoms with van der Waals surface area (Å²) in [6.45, 7) is 4.16. The van der Waals surface area contributed by atoms with Crippen molar-refractivity contribution in [1.82, 2.24) is 14.9 Å². The maximum Gasteiger partial charge on any atom is 0.228 e. The zero-order valence-corrected chi connectivity index (χ0v) is 12.2. The molecule has 0 saturated carbocycles. The minimum atomic E-state index is 0.0459. The number of nitrogens with zero attached hydrogens (tertiary/aromatic N) is 4. The van der Waals surface area contributed by atoms with E-state index in [4.69, 9.17) is 9.47 Å². The minimum Gasteiger partial charge on any atom is -0.481 e. The van der Waals surface area contributed by atoms with E-state index in [1.54, 1.807) is 19.4 Å². The lowest BCUT2D eigenvalue weighted by atomic mass is 10.1. The largest absolute Gasteiger partial charge is 0.481 e. The van der Waals surface area contributed by atoms with Crippen LogP contribution in [0, 0.1) is 5.92 Å². The molecule has 1 aromatic rings. The van der Waals surface area contributed by atoms with Crippen LogP contribution in [0.15, 0.2) is 12.3 Å². The van der Waals surface area contributed by atoms with Crippen molar-refractivity contribution in [2.75, 3.05) is 51.4 Å². The summed E-state index contributed by atoms with van der Waals surface area (Å²) in [5.74, 6) is 1.48. The third kappa shape index (κ3) is 3.07. The summed E-state index contributed by atoms with van der Waals surface area (Å²) in [6, 6.07) is 1.73. The van der Waals surface area contributed by atoms with Crippen LogP contribution < -0.4 is 9.64 Å². The first-order valence-corrected chi connectivity index (χ1v) is 7.26. The van der Waals surface area contributed by atoms with Crippen molar-refractivity contribution in [3.63, 3.8) is 0 Å². The van der Waals surface area contributed by atoms with Crippen molar-refractivity contribution in [3.05, 3.63) is 12.3 Å². The molecule has 0 radical (unpaired) electrons. The van der Waals surface area contributed by atoms with Gasteiger partial charge in [0.2, 0.25) is 17.7 Å². The predicted molar refractivity (Wildman–Crippen MR) is 76.3 cm³/mol. The summed E-state index contributed by atoms with van der Waals surface area (Å²) in [7, 11) is 1.59. The van der Waals surface area contributed by atoms with E-state index in [1.807, 2.05) is 4.90 Å². The lowest BCUT2D eigenvalue weighted by Gasteiger charge is -2.35. The maximum absolute atomic E-state index is 12.3. The predicted octanol–water partition coefficient (Wildman–Crippen LogP) is 0.170. The van der Waals surface area contributed by atoms with Gasteiger partial charge in [0.1, 0.15) is 0 Å². The molecule has 0 bridgehead atoms. The Balaban J connectivity index is 1.58. The number of methoxy groups -OCH3 is 1. The number of piperazine rings is 1. The number of carbonyl (C=O) groups excluding carboxylic acids is 1. The van der Waals surface area contributed by atoms with Crippen LogP contribution in [0.4, 0.5) is 5.95 Å². The van der Waals surface area contributed by atoms with Gasteiger partial charge in [-0.05, 0) is 6.42 Å². The molecule has 0 aromatic carbocycles. The van der Waals surface area contributed by atoms with Crippen LogP contribution in [0.2, 0.25) is 0 Å². The molecule has 0 spiro atoms. The fraction of sp³-hybridized carbons (Fsp3) is 0.643. The quantitative estimate of drug-likeness (QED) is 0.791. The van der Waals surface area contributed by atoms with Crippen molar-refractivity contribution < 1.29 is 14.3 Å². The number of hydrogen-bond donors (Lipinski definition) is 0. The van der Waals surface area contributed by atoms with Crippen LogP contribution in [-0.4, -0.2) is 67.3 Å². The van der Waals surface area contributed by atoms with Crippen molar-refractivity contribution in [1.29, 1.82) is 0 Å². The second-order valence-corrected chi connectivity index (χ2v) is 5.27. The Labute approximate surface area is 123 Å². The highest BCUT2D eigenvalue weighted by atomic mass is 16.5. The minimum absolute atomic E-state index is 0.0459. The average molecular weight is 292 g/mol.